The Kier molecular flexibility index (Phi) is 7.02. The lowest BCUT2D eigenvalue weighted by molar-refractivity contribution is 0.405. The zero-order valence-electron chi connectivity index (χ0n) is 12.7. The summed E-state index contributed by atoms with van der Waals surface area (Å²) in [6.07, 6.45) is 3.98. The van der Waals surface area contributed by atoms with Crippen LogP contribution < -0.4 is 5.32 Å². The third-order valence-corrected chi connectivity index (χ3v) is 4.54. The van der Waals surface area contributed by atoms with Gasteiger partial charge in [0, 0.05) is 25.3 Å². The Bertz CT molecular complexity index is 500. The third kappa shape index (κ3) is 5.92. The average Bonchev–Trinajstić information content (AvgIpc) is 2.38. The van der Waals surface area contributed by atoms with Crippen molar-refractivity contribution in [2.75, 3.05) is 31.2 Å². The van der Waals surface area contributed by atoms with E-state index in [1.54, 1.807) is 4.31 Å². The van der Waals surface area contributed by atoms with Crippen molar-refractivity contribution in [1.82, 2.24) is 4.31 Å². The van der Waals surface area contributed by atoms with Gasteiger partial charge in [0.1, 0.15) is 0 Å². The van der Waals surface area contributed by atoms with E-state index in [9.17, 15) is 8.42 Å². The van der Waals surface area contributed by atoms with Gasteiger partial charge in [-0.1, -0.05) is 25.1 Å². The molecule has 1 aromatic rings. The number of hydrogen-bond acceptors (Lipinski definition) is 3. The molecule has 0 heterocycles. The Morgan fingerprint density at radius 3 is 2.45 bits per heavy atom. The molecule has 114 valence electrons. The van der Waals surface area contributed by atoms with Crippen LogP contribution in [0.2, 0.25) is 0 Å². The Labute approximate surface area is 123 Å². The Balaban J connectivity index is 2.29. The zero-order valence-corrected chi connectivity index (χ0v) is 13.5. The minimum atomic E-state index is -3.06. The van der Waals surface area contributed by atoms with Crippen molar-refractivity contribution in [1.29, 1.82) is 0 Å². The highest BCUT2D eigenvalue weighted by molar-refractivity contribution is 7.88. The number of unbranched alkanes of at least 4 members (excludes halogenated alkanes) is 1. The van der Waals surface area contributed by atoms with E-state index in [4.69, 9.17) is 0 Å². The molecule has 0 aliphatic heterocycles. The summed E-state index contributed by atoms with van der Waals surface area (Å²) in [5.41, 5.74) is 2.39. The second kappa shape index (κ2) is 8.27. The topological polar surface area (TPSA) is 49.4 Å². The number of sulfonamides is 1. The van der Waals surface area contributed by atoms with Gasteiger partial charge in [-0.2, -0.15) is 0 Å². The maximum Gasteiger partial charge on any atom is 0.211 e. The van der Waals surface area contributed by atoms with Crippen LogP contribution in [0.15, 0.2) is 24.3 Å². The molecular formula is C15H26N2O2S. The molecule has 20 heavy (non-hydrogen) atoms. The Morgan fingerprint density at radius 2 is 1.85 bits per heavy atom. The van der Waals surface area contributed by atoms with Crippen molar-refractivity contribution in [2.24, 2.45) is 0 Å². The number of para-hydroxylation sites is 1. The predicted octanol–water partition coefficient (Wildman–Crippen LogP) is 2.86. The van der Waals surface area contributed by atoms with E-state index in [2.05, 4.69) is 24.4 Å². The summed E-state index contributed by atoms with van der Waals surface area (Å²) in [7, 11) is -3.06. The zero-order chi connectivity index (χ0) is 15.0. The Hall–Kier alpha value is -1.07. The fourth-order valence-corrected chi connectivity index (χ4v) is 3.08. The standard InChI is InChI=1S/C15H26N2O2S/c1-4-12-17(20(3,18)19)13-8-7-11-16-15-10-6-5-9-14(15)2/h5-6,9-10,16H,4,7-8,11-13H2,1-3H3. The lowest BCUT2D eigenvalue weighted by Crippen LogP contribution is -2.31. The lowest BCUT2D eigenvalue weighted by Gasteiger charge is -2.19. The summed E-state index contributed by atoms with van der Waals surface area (Å²) >= 11 is 0. The molecule has 1 aromatic carbocycles. The van der Waals surface area contributed by atoms with Gasteiger partial charge in [0.15, 0.2) is 0 Å². The first kappa shape index (κ1) is 17.0. The normalized spacial score (nSPS) is 11.8. The molecule has 0 aliphatic rings. The molecule has 0 radical (unpaired) electrons. The molecule has 0 spiro atoms. The molecule has 0 unspecified atom stereocenters. The third-order valence-electron chi connectivity index (χ3n) is 3.24. The fraction of sp³-hybridized carbons (Fsp3) is 0.600. The van der Waals surface area contributed by atoms with Gasteiger partial charge >= 0.3 is 0 Å². The summed E-state index contributed by atoms with van der Waals surface area (Å²) in [6.45, 7) is 6.17. The summed E-state index contributed by atoms with van der Waals surface area (Å²) in [5, 5.41) is 3.39. The molecule has 0 atom stereocenters. The molecule has 0 fully saturated rings. The van der Waals surface area contributed by atoms with Crippen molar-refractivity contribution in [3.05, 3.63) is 29.8 Å². The number of nitrogens with one attached hydrogen (secondary N) is 1. The van der Waals surface area contributed by atoms with Gasteiger partial charge in [-0.25, -0.2) is 12.7 Å². The molecule has 0 saturated carbocycles. The molecule has 1 rings (SSSR count). The van der Waals surface area contributed by atoms with E-state index in [0.29, 0.717) is 13.1 Å². The minimum Gasteiger partial charge on any atom is -0.385 e. The number of hydrogen-bond donors (Lipinski definition) is 1. The maximum absolute atomic E-state index is 11.6. The summed E-state index contributed by atoms with van der Waals surface area (Å²) in [5.74, 6) is 0. The highest BCUT2D eigenvalue weighted by Gasteiger charge is 2.14. The quantitative estimate of drug-likeness (QED) is 0.713. The monoisotopic (exact) mass is 298 g/mol. The first-order valence-electron chi connectivity index (χ1n) is 7.19. The second-order valence-corrected chi connectivity index (χ2v) is 7.09. The van der Waals surface area contributed by atoms with Crippen LogP contribution in [0.5, 0.6) is 0 Å². The van der Waals surface area contributed by atoms with E-state index in [0.717, 1.165) is 31.5 Å². The van der Waals surface area contributed by atoms with Crippen molar-refractivity contribution < 1.29 is 8.42 Å². The summed E-state index contributed by atoms with van der Waals surface area (Å²) < 4.78 is 24.7. The van der Waals surface area contributed by atoms with E-state index >= 15 is 0 Å². The van der Waals surface area contributed by atoms with Crippen LogP contribution in [-0.4, -0.2) is 38.6 Å². The number of aryl methyl sites for hydroxylation is 1. The van der Waals surface area contributed by atoms with E-state index in [-0.39, 0.29) is 0 Å². The molecule has 5 heteroatoms. The van der Waals surface area contributed by atoms with E-state index in [1.807, 2.05) is 19.1 Å². The van der Waals surface area contributed by atoms with Crippen LogP contribution >= 0.6 is 0 Å². The van der Waals surface area contributed by atoms with Gasteiger partial charge in [-0.05, 0) is 37.8 Å². The first-order chi connectivity index (χ1) is 9.45. The van der Waals surface area contributed by atoms with Gasteiger partial charge < -0.3 is 5.32 Å². The minimum absolute atomic E-state index is 0.613. The molecule has 0 amide bonds. The van der Waals surface area contributed by atoms with Crippen LogP contribution in [0, 0.1) is 6.92 Å². The molecule has 1 N–H and O–H groups in total. The van der Waals surface area contributed by atoms with Gasteiger partial charge in [-0.3, -0.25) is 0 Å². The number of nitrogens with zero attached hydrogens (tertiary/aromatic N) is 1. The summed E-state index contributed by atoms with van der Waals surface area (Å²) in [6, 6.07) is 8.18. The van der Waals surface area contributed by atoms with Crippen LogP contribution in [0.4, 0.5) is 5.69 Å². The van der Waals surface area contributed by atoms with Crippen molar-refractivity contribution >= 4 is 15.7 Å². The SMILES string of the molecule is CCCN(CCCCNc1ccccc1C)S(C)(=O)=O. The van der Waals surface area contributed by atoms with Crippen LogP contribution in [0.1, 0.15) is 31.7 Å². The van der Waals surface area contributed by atoms with Crippen LogP contribution in [0.25, 0.3) is 0 Å². The van der Waals surface area contributed by atoms with E-state index in [1.165, 1.54) is 11.8 Å². The van der Waals surface area contributed by atoms with Gasteiger partial charge in [0.2, 0.25) is 10.0 Å². The molecular weight excluding hydrogens is 272 g/mol. The number of benzene rings is 1. The Morgan fingerprint density at radius 1 is 1.15 bits per heavy atom. The number of anilines is 1. The predicted molar refractivity (Wildman–Crippen MR) is 85.6 cm³/mol. The number of rotatable bonds is 9. The average molecular weight is 298 g/mol. The van der Waals surface area contributed by atoms with Gasteiger partial charge in [0.05, 0.1) is 6.26 Å². The highest BCUT2D eigenvalue weighted by Crippen LogP contribution is 2.13. The van der Waals surface area contributed by atoms with Crippen molar-refractivity contribution in [2.45, 2.75) is 33.1 Å². The van der Waals surface area contributed by atoms with E-state index < -0.39 is 10.0 Å². The first-order valence-corrected chi connectivity index (χ1v) is 9.04. The lowest BCUT2D eigenvalue weighted by atomic mass is 10.2. The maximum atomic E-state index is 11.6. The molecule has 0 bridgehead atoms. The summed E-state index contributed by atoms with van der Waals surface area (Å²) in [4.78, 5) is 0. The molecule has 0 aromatic heterocycles. The van der Waals surface area contributed by atoms with Crippen LogP contribution in [0.3, 0.4) is 0 Å². The van der Waals surface area contributed by atoms with Crippen LogP contribution in [-0.2, 0) is 10.0 Å². The smallest absolute Gasteiger partial charge is 0.211 e. The van der Waals surface area contributed by atoms with Gasteiger partial charge in [-0.15, -0.1) is 0 Å². The second-order valence-electron chi connectivity index (χ2n) is 5.11. The van der Waals surface area contributed by atoms with Gasteiger partial charge in [0.25, 0.3) is 0 Å². The van der Waals surface area contributed by atoms with Crippen molar-refractivity contribution in [3.63, 3.8) is 0 Å². The molecule has 0 saturated heterocycles. The molecule has 0 aliphatic carbocycles. The largest absolute Gasteiger partial charge is 0.385 e. The van der Waals surface area contributed by atoms with Crippen molar-refractivity contribution in [3.8, 4) is 0 Å². The fourth-order valence-electron chi connectivity index (χ4n) is 2.10. The molecule has 4 nitrogen and oxygen atoms in total. The highest BCUT2D eigenvalue weighted by atomic mass is 32.2.